The number of thioether (sulfide) groups is 1. The van der Waals surface area contributed by atoms with Gasteiger partial charge in [-0.05, 0) is 30.0 Å². The molecule has 0 saturated carbocycles. The fourth-order valence-electron chi connectivity index (χ4n) is 3.95. The van der Waals surface area contributed by atoms with Crippen LogP contribution in [-0.4, -0.2) is 60.4 Å². The molecule has 1 N–H and O–H groups in total. The Kier molecular flexibility index (Phi) is 7.14. The highest BCUT2D eigenvalue weighted by molar-refractivity contribution is 8.15. The maximum absolute atomic E-state index is 13.0. The summed E-state index contributed by atoms with van der Waals surface area (Å²) in [6.45, 7) is 3.23. The van der Waals surface area contributed by atoms with Gasteiger partial charge in [0.2, 0.25) is 0 Å². The van der Waals surface area contributed by atoms with E-state index < -0.39 is 5.66 Å². The molecule has 1 saturated heterocycles. The normalized spacial score (nSPS) is 16.9. The van der Waals surface area contributed by atoms with Crippen molar-refractivity contribution in [2.75, 3.05) is 38.4 Å². The van der Waals surface area contributed by atoms with Crippen LogP contribution in [-0.2, 0) is 0 Å². The van der Waals surface area contributed by atoms with Crippen LogP contribution in [0.5, 0.6) is 11.5 Å². The van der Waals surface area contributed by atoms with E-state index in [-0.39, 0.29) is 6.03 Å². The van der Waals surface area contributed by atoms with Crippen molar-refractivity contribution in [3.8, 4) is 11.5 Å². The molecule has 0 aliphatic carbocycles. The minimum absolute atomic E-state index is 0.177. The van der Waals surface area contributed by atoms with Crippen molar-refractivity contribution in [1.29, 1.82) is 0 Å². The van der Waals surface area contributed by atoms with Gasteiger partial charge in [0.25, 0.3) is 0 Å². The van der Waals surface area contributed by atoms with Crippen LogP contribution in [0.3, 0.4) is 0 Å². The Bertz CT molecular complexity index is 1080. The molecule has 2 aromatic rings. The van der Waals surface area contributed by atoms with E-state index in [4.69, 9.17) is 31.1 Å². The lowest BCUT2D eigenvalue weighted by molar-refractivity contribution is 0.175. The first-order chi connectivity index (χ1) is 16.0. The molecular weight excluding hydrogens is 460 g/mol. The van der Waals surface area contributed by atoms with Crippen LogP contribution in [0.1, 0.15) is 25.3 Å². The molecule has 2 amide bonds. The molecule has 7 nitrogen and oxygen atoms in total. The third-order valence-electron chi connectivity index (χ3n) is 5.73. The van der Waals surface area contributed by atoms with Crippen LogP contribution < -0.4 is 14.8 Å². The van der Waals surface area contributed by atoms with Gasteiger partial charge >= 0.3 is 6.03 Å². The number of ether oxygens (including phenoxy) is 2. The van der Waals surface area contributed by atoms with Gasteiger partial charge < -0.3 is 19.7 Å². The topological polar surface area (TPSA) is 75.5 Å². The van der Waals surface area contributed by atoms with E-state index in [1.165, 1.54) is 0 Å². The number of benzene rings is 2. The van der Waals surface area contributed by atoms with Crippen LogP contribution in [0, 0.1) is 0 Å². The molecule has 2 aliphatic rings. The van der Waals surface area contributed by atoms with Crippen molar-refractivity contribution in [3.05, 3.63) is 53.1 Å². The number of aliphatic imine (C=N–C) groups is 2. The number of rotatable bonds is 5. The summed E-state index contributed by atoms with van der Waals surface area (Å²) in [4.78, 5) is 24.8. The number of halogens is 1. The second-order valence-electron chi connectivity index (χ2n) is 7.78. The summed E-state index contributed by atoms with van der Waals surface area (Å²) in [7, 11) is 3.16. The number of likely N-dealkylation sites (tertiary alicyclic amines) is 1. The summed E-state index contributed by atoms with van der Waals surface area (Å²) < 4.78 is 10.6. The third-order valence-corrected chi connectivity index (χ3v) is 6.83. The summed E-state index contributed by atoms with van der Waals surface area (Å²) in [5.41, 5.74) is 1.99. The summed E-state index contributed by atoms with van der Waals surface area (Å²) >= 11 is 7.76. The molecule has 2 aliphatic heterocycles. The van der Waals surface area contributed by atoms with Crippen LogP contribution >= 0.6 is 23.4 Å². The lowest BCUT2D eigenvalue weighted by atomic mass is 9.98. The Hall–Kier alpha value is -2.71. The molecule has 33 heavy (non-hydrogen) atoms. The molecule has 9 heteroatoms. The van der Waals surface area contributed by atoms with E-state index in [1.54, 1.807) is 49.1 Å². The molecule has 0 unspecified atom stereocenters. The zero-order valence-corrected chi connectivity index (χ0v) is 20.5. The summed E-state index contributed by atoms with van der Waals surface area (Å²) in [5, 5.41) is 4.60. The molecule has 1 fully saturated rings. The second-order valence-corrected chi connectivity index (χ2v) is 9.47. The van der Waals surface area contributed by atoms with Crippen LogP contribution in [0.4, 0.5) is 10.5 Å². The van der Waals surface area contributed by atoms with Crippen molar-refractivity contribution in [2.24, 2.45) is 9.98 Å². The summed E-state index contributed by atoms with van der Waals surface area (Å²) in [6.07, 6.45) is 1.33. The molecule has 2 heterocycles. The van der Waals surface area contributed by atoms with E-state index in [0.29, 0.717) is 48.1 Å². The molecule has 0 atom stereocenters. The van der Waals surface area contributed by atoms with E-state index in [0.717, 1.165) is 22.1 Å². The number of hydrogen-bond acceptors (Lipinski definition) is 6. The molecule has 1 spiro atoms. The lowest BCUT2D eigenvalue weighted by Gasteiger charge is -2.35. The van der Waals surface area contributed by atoms with Gasteiger partial charge in [-0.2, -0.15) is 0 Å². The monoisotopic (exact) mass is 486 g/mol. The Balaban J connectivity index is 1.47. The quantitative estimate of drug-likeness (QED) is 0.619. The first kappa shape index (κ1) is 23.4. The van der Waals surface area contributed by atoms with Crippen LogP contribution in [0.25, 0.3) is 0 Å². The minimum Gasteiger partial charge on any atom is -0.497 e. The number of urea groups is 1. The maximum atomic E-state index is 13.0. The first-order valence-electron chi connectivity index (χ1n) is 10.8. The average molecular weight is 487 g/mol. The van der Waals surface area contributed by atoms with Gasteiger partial charge in [0.05, 0.1) is 25.6 Å². The van der Waals surface area contributed by atoms with Crippen molar-refractivity contribution >= 4 is 45.8 Å². The van der Waals surface area contributed by atoms with Gasteiger partial charge in [0, 0.05) is 42.6 Å². The Labute approximate surface area is 203 Å². The second kappa shape index (κ2) is 10.1. The molecule has 174 valence electrons. The number of hydrogen-bond donors (Lipinski definition) is 1. The number of amides is 2. The highest BCUT2D eigenvalue weighted by Crippen LogP contribution is 2.36. The Morgan fingerprint density at radius 3 is 2.48 bits per heavy atom. The van der Waals surface area contributed by atoms with Gasteiger partial charge in [0.1, 0.15) is 16.5 Å². The van der Waals surface area contributed by atoms with E-state index in [2.05, 4.69) is 12.2 Å². The summed E-state index contributed by atoms with van der Waals surface area (Å²) in [6, 6.07) is 12.8. The first-order valence-corrected chi connectivity index (χ1v) is 12.2. The number of carbonyl (C=O) groups excluding carboxylic acids is 1. The standard InChI is InChI=1S/C24H27ClN4O3S/c1-4-33-22-21(16-5-7-17(25)8-6-16)27-24(28-22)11-13-29(14-12-24)23(30)26-19-15-18(31-2)9-10-20(19)32-3/h5-10,15H,4,11-14H2,1-3H3,(H,26,30). The van der Waals surface area contributed by atoms with Crippen molar-refractivity contribution < 1.29 is 14.3 Å². The minimum atomic E-state index is -0.517. The van der Waals surface area contributed by atoms with Gasteiger partial charge in [-0.25, -0.2) is 9.79 Å². The third kappa shape index (κ3) is 5.12. The number of nitrogens with one attached hydrogen (secondary N) is 1. The fourth-order valence-corrected chi connectivity index (χ4v) is 4.89. The molecule has 0 aromatic heterocycles. The van der Waals surface area contributed by atoms with Crippen molar-refractivity contribution in [2.45, 2.75) is 25.4 Å². The number of piperidine rings is 1. The van der Waals surface area contributed by atoms with E-state index in [1.807, 2.05) is 24.3 Å². The summed E-state index contributed by atoms with van der Waals surface area (Å²) in [5.74, 6) is 2.14. The van der Waals surface area contributed by atoms with Crippen molar-refractivity contribution in [3.63, 3.8) is 0 Å². The van der Waals surface area contributed by atoms with Crippen LogP contribution in [0.15, 0.2) is 52.4 Å². The highest BCUT2D eigenvalue weighted by atomic mass is 35.5. The van der Waals surface area contributed by atoms with Crippen LogP contribution in [0.2, 0.25) is 5.02 Å². The molecule has 0 radical (unpaired) electrons. The SMILES string of the molecule is CCSC1=NC2(CCN(C(=O)Nc3cc(OC)ccc3OC)CC2)N=C1c1ccc(Cl)cc1. The molecule has 4 rings (SSSR count). The smallest absolute Gasteiger partial charge is 0.321 e. The lowest BCUT2D eigenvalue weighted by Crippen LogP contribution is -2.46. The highest BCUT2D eigenvalue weighted by Gasteiger charge is 2.40. The van der Waals surface area contributed by atoms with E-state index in [9.17, 15) is 4.79 Å². The molecular formula is C24H27ClN4O3S. The zero-order valence-electron chi connectivity index (χ0n) is 18.9. The molecule has 0 bridgehead atoms. The fraction of sp³-hybridized carbons (Fsp3) is 0.375. The zero-order chi connectivity index (χ0) is 23.4. The van der Waals surface area contributed by atoms with Crippen molar-refractivity contribution in [1.82, 2.24) is 4.90 Å². The Morgan fingerprint density at radius 1 is 1.12 bits per heavy atom. The maximum Gasteiger partial charge on any atom is 0.321 e. The van der Waals surface area contributed by atoms with E-state index >= 15 is 0 Å². The number of methoxy groups -OCH3 is 2. The van der Waals surface area contributed by atoms with Gasteiger partial charge in [-0.1, -0.05) is 30.7 Å². The largest absolute Gasteiger partial charge is 0.497 e. The number of nitrogens with zero attached hydrogens (tertiary/aromatic N) is 3. The van der Waals surface area contributed by atoms with Gasteiger partial charge in [-0.3, -0.25) is 4.99 Å². The number of anilines is 1. The molecule has 2 aromatic carbocycles. The predicted octanol–water partition coefficient (Wildman–Crippen LogP) is 5.34. The predicted molar refractivity (Wildman–Crippen MR) is 136 cm³/mol. The Morgan fingerprint density at radius 2 is 1.85 bits per heavy atom. The average Bonchev–Trinajstić information content (AvgIpc) is 3.17. The van der Waals surface area contributed by atoms with Gasteiger partial charge in [-0.15, -0.1) is 11.8 Å². The van der Waals surface area contributed by atoms with Gasteiger partial charge in [0.15, 0.2) is 5.66 Å². The number of carbonyl (C=O) groups is 1.